The highest BCUT2D eigenvalue weighted by Crippen LogP contribution is 2.39. The van der Waals surface area contributed by atoms with Gasteiger partial charge in [-0.05, 0) is 48.6 Å². The molecule has 2 atom stereocenters. The Hall–Kier alpha value is -3.19. The molecule has 2 aromatic heterocycles. The molecule has 7 heteroatoms. The number of nitrogens with zero attached hydrogens (tertiary/aromatic N) is 2. The monoisotopic (exact) mass is 379 g/mol. The number of pyridine rings is 1. The average Bonchev–Trinajstić information content (AvgIpc) is 3.28. The molecular weight excluding hydrogens is 362 g/mol. The van der Waals surface area contributed by atoms with Crippen molar-refractivity contribution < 1.29 is 14.3 Å². The molecule has 1 saturated heterocycles. The molecule has 0 radical (unpaired) electrons. The predicted molar refractivity (Wildman–Crippen MR) is 104 cm³/mol. The van der Waals surface area contributed by atoms with Crippen LogP contribution in [0.1, 0.15) is 33.9 Å². The zero-order valence-corrected chi connectivity index (χ0v) is 15.3. The summed E-state index contributed by atoms with van der Waals surface area (Å²) in [6.45, 7) is 0. The van der Waals surface area contributed by atoms with Crippen LogP contribution in [0, 0.1) is 0 Å². The van der Waals surface area contributed by atoms with Gasteiger partial charge in [-0.2, -0.15) is 0 Å². The first-order valence-electron chi connectivity index (χ1n) is 8.42. The molecule has 2 N–H and O–H groups in total. The molecule has 6 nitrogen and oxygen atoms in total. The molecule has 1 aliphatic rings. The van der Waals surface area contributed by atoms with Crippen LogP contribution in [0.3, 0.4) is 0 Å². The minimum absolute atomic E-state index is 0.131. The van der Waals surface area contributed by atoms with Gasteiger partial charge in [0, 0.05) is 18.8 Å². The Morgan fingerprint density at radius 1 is 1.22 bits per heavy atom. The minimum Gasteiger partial charge on any atom is -0.478 e. The second-order valence-electron chi connectivity index (χ2n) is 6.33. The largest absolute Gasteiger partial charge is 0.478 e. The van der Waals surface area contributed by atoms with E-state index >= 15 is 0 Å². The molecule has 27 heavy (non-hydrogen) atoms. The summed E-state index contributed by atoms with van der Waals surface area (Å²) in [5.74, 6) is 0.374. The second-order valence-corrected chi connectivity index (χ2v) is 6.71. The van der Waals surface area contributed by atoms with E-state index in [0.29, 0.717) is 16.4 Å². The third kappa shape index (κ3) is 3.17. The summed E-state index contributed by atoms with van der Waals surface area (Å²) in [5, 5.41) is 13.1. The zero-order chi connectivity index (χ0) is 19.0. The number of nitrogens with one attached hydrogen (secondary N) is 1. The summed E-state index contributed by atoms with van der Waals surface area (Å²) in [6.07, 6.45) is 1.75. The minimum atomic E-state index is -0.969. The Kier molecular flexibility index (Phi) is 4.37. The van der Waals surface area contributed by atoms with E-state index in [0.717, 1.165) is 11.5 Å². The van der Waals surface area contributed by atoms with Gasteiger partial charge in [0.2, 0.25) is 0 Å². The molecule has 0 spiro atoms. The lowest BCUT2D eigenvalue weighted by atomic mass is 10.0. The number of hydrogen-bond donors (Lipinski definition) is 2. The van der Waals surface area contributed by atoms with Crippen molar-refractivity contribution in [2.75, 3.05) is 7.05 Å². The van der Waals surface area contributed by atoms with Crippen LogP contribution in [-0.2, 0) is 0 Å². The van der Waals surface area contributed by atoms with Gasteiger partial charge >= 0.3 is 5.97 Å². The topological polar surface area (TPSA) is 78.6 Å². The summed E-state index contributed by atoms with van der Waals surface area (Å²) in [6, 6.07) is 15.9. The van der Waals surface area contributed by atoms with E-state index in [1.54, 1.807) is 24.4 Å². The van der Waals surface area contributed by atoms with Crippen molar-refractivity contribution in [2.45, 2.75) is 12.1 Å². The zero-order valence-electron chi connectivity index (χ0n) is 14.5. The van der Waals surface area contributed by atoms with Crippen molar-refractivity contribution in [3.8, 4) is 11.3 Å². The molecule has 3 aromatic rings. The standard InChI is InChI=1S/C20H17N3O3S/c1-23-18(17(22-20(23)27)14-7-2-3-10-21-14)16-9-8-15(26-16)12-5-4-6-13(11-12)19(24)25/h2-11,17-18H,1H3,(H,22,27)(H,24,25)/t17-,18+/m1/s1. The smallest absolute Gasteiger partial charge is 0.335 e. The lowest BCUT2D eigenvalue weighted by Crippen LogP contribution is -2.24. The van der Waals surface area contributed by atoms with E-state index in [9.17, 15) is 9.90 Å². The maximum absolute atomic E-state index is 11.2. The van der Waals surface area contributed by atoms with E-state index in [4.69, 9.17) is 16.6 Å². The molecular formula is C20H17N3O3S. The molecule has 0 amide bonds. The van der Waals surface area contributed by atoms with E-state index in [2.05, 4.69) is 10.3 Å². The lowest BCUT2D eigenvalue weighted by Gasteiger charge is -2.21. The number of aromatic nitrogens is 1. The maximum Gasteiger partial charge on any atom is 0.335 e. The summed E-state index contributed by atoms with van der Waals surface area (Å²) >= 11 is 5.42. The number of aromatic carboxylic acids is 1. The van der Waals surface area contributed by atoms with Crippen LogP contribution in [0.25, 0.3) is 11.3 Å². The SMILES string of the molecule is CN1C(=S)N[C@H](c2ccccn2)[C@@H]1c1ccc(-c2cccc(C(=O)O)c2)o1. The fourth-order valence-corrected chi connectivity index (χ4v) is 3.53. The number of carboxylic acid groups (broad SMARTS) is 1. The lowest BCUT2D eigenvalue weighted by molar-refractivity contribution is 0.0697. The van der Waals surface area contributed by atoms with E-state index in [1.165, 1.54) is 0 Å². The Bertz CT molecular complexity index is 1000. The highest BCUT2D eigenvalue weighted by atomic mass is 32.1. The van der Waals surface area contributed by atoms with E-state index in [1.807, 2.05) is 48.3 Å². The molecule has 0 bridgehead atoms. The number of thiocarbonyl (C=S) groups is 1. The first-order chi connectivity index (χ1) is 13.0. The van der Waals surface area contributed by atoms with Crippen LogP contribution in [0.15, 0.2) is 65.2 Å². The fourth-order valence-electron chi connectivity index (χ4n) is 3.29. The summed E-state index contributed by atoms with van der Waals surface area (Å²) in [4.78, 5) is 17.6. The molecule has 0 saturated carbocycles. The Morgan fingerprint density at radius 2 is 2.07 bits per heavy atom. The van der Waals surface area contributed by atoms with Gasteiger partial charge in [0.15, 0.2) is 5.11 Å². The molecule has 0 unspecified atom stereocenters. The van der Waals surface area contributed by atoms with Crippen molar-refractivity contribution in [3.05, 3.63) is 77.8 Å². The van der Waals surface area contributed by atoms with Crippen LogP contribution < -0.4 is 5.32 Å². The predicted octanol–water partition coefficient (Wildman–Crippen LogP) is 3.64. The Labute approximate surface area is 161 Å². The fraction of sp³-hybridized carbons (Fsp3) is 0.150. The van der Waals surface area contributed by atoms with Gasteiger partial charge in [-0.15, -0.1) is 0 Å². The van der Waals surface area contributed by atoms with Gasteiger partial charge in [0.25, 0.3) is 0 Å². The highest BCUT2D eigenvalue weighted by molar-refractivity contribution is 7.80. The molecule has 1 fully saturated rings. The molecule has 3 heterocycles. The van der Waals surface area contributed by atoms with Crippen LogP contribution in [0.5, 0.6) is 0 Å². The number of rotatable bonds is 4. The normalized spacial score (nSPS) is 19.1. The van der Waals surface area contributed by atoms with Crippen molar-refractivity contribution in [3.63, 3.8) is 0 Å². The van der Waals surface area contributed by atoms with Gasteiger partial charge in [-0.25, -0.2) is 4.79 Å². The first-order valence-corrected chi connectivity index (χ1v) is 8.83. The molecule has 0 aliphatic carbocycles. The van der Waals surface area contributed by atoms with Crippen LogP contribution in [-0.4, -0.2) is 33.1 Å². The van der Waals surface area contributed by atoms with Crippen LogP contribution >= 0.6 is 12.2 Å². The van der Waals surface area contributed by atoms with Gasteiger partial charge < -0.3 is 19.7 Å². The van der Waals surface area contributed by atoms with Crippen molar-refractivity contribution >= 4 is 23.3 Å². The van der Waals surface area contributed by atoms with Crippen LogP contribution in [0.4, 0.5) is 0 Å². The molecule has 1 aromatic carbocycles. The Morgan fingerprint density at radius 3 is 2.81 bits per heavy atom. The molecule has 136 valence electrons. The van der Waals surface area contributed by atoms with Gasteiger partial charge in [0.1, 0.15) is 17.6 Å². The number of hydrogen-bond acceptors (Lipinski definition) is 4. The molecule has 1 aliphatic heterocycles. The van der Waals surface area contributed by atoms with Gasteiger partial charge in [-0.3, -0.25) is 4.98 Å². The number of carbonyl (C=O) groups is 1. The first kappa shape index (κ1) is 17.2. The summed E-state index contributed by atoms with van der Waals surface area (Å²) in [7, 11) is 1.91. The van der Waals surface area contributed by atoms with Gasteiger partial charge in [-0.1, -0.05) is 18.2 Å². The highest BCUT2D eigenvalue weighted by Gasteiger charge is 2.39. The van der Waals surface area contributed by atoms with Crippen molar-refractivity contribution in [1.82, 2.24) is 15.2 Å². The van der Waals surface area contributed by atoms with Crippen LogP contribution in [0.2, 0.25) is 0 Å². The number of carboxylic acids is 1. The second kappa shape index (κ2) is 6.85. The quantitative estimate of drug-likeness (QED) is 0.670. The maximum atomic E-state index is 11.2. The van der Waals surface area contributed by atoms with Crippen molar-refractivity contribution in [1.29, 1.82) is 0 Å². The number of benzene rings is 1. The summed E-state index contributed by atoms with van der Waals surface area (Å²) < 4.78 is 6.10. The molecule has 4 rings (SSSR count). The third-order valence-corrected chi connectivity index (χ3v) is 5.06. The average molecular weight is 379 g/mol. The Balaban J connectivity index is 1.70. The van der Waals surface area contributed by atoms with E-state index in [-0.39, 0.29) is 17.6 Å². The van der Waals surface area contributed by atoms with Gasteiger partial charge in [0.05, 0.1) is 17.3 Å². The summed E-state index contributed by atoms with van der Waals surface area (Å²) in [5.41, 5.74) is 1.81. The van der Waals surface area contributed by atoms with E-state index < -0.39 is 5.97 Å². The number of likely N-dealkylation sites (N-methyl/N-ethyl adjacent to an activating group) is 1. The third-order valence-electron chi connectivity index (χ3n) is 4.65. The van der Waals surface area contributed by atoms with Crippen molar-refractivity contribution in [2.24, 2.45) is 0 Å². The number of furan rings is 1.